The highest BCUT2D eigenvalue weighted by Gasteiger charge is 2.29. The first kappa shape index (κ1) is 14.2. The topological polar surface area (TPSA) is 88.9 Å². The summed E-state index contributed by atoms with van der Waals surface area (Å²) in [6.07, 6.45) is -0.0132. The maximum atomic E-state index is 13.1. The van der Waals surface area contributed by atoms with Gasteiger partial charge < -0.3 is 5.32 Å². The third-order valence-electron chi connectivity index (χ3n) is 3.32. The molecule has 1 aromatic carbocycles. The summed E-state index contributed by atoms with van der Waals surface area (Å²) in [5.41, 5.74) is 0.360. The molecule has 0 saturated carbocycles. The van der Waals surface area contributed by atoms with Gasteiger partial charge in [0.2, 0.25) is 17.8 Å². The number of benzene rings is 1. The third-order valence-corrected chi connectivity index (χ3v) is 3.32. The molecule has 0 bridgehead atoms. The van der Waals surface area contributed by atoms with Gasteiger partial charge in [-0.3, -0.25) is 14.9 Å². The summed E-state index contributed by atoms with van der Waals surface area (Å²) in [6, 6.07) is 5.60. The number of aryl methyl sites for hydroxylation is 1. The van der Waals surface area contributed by atoms with Crippen LogP contribution in [0.15, 0.2) is 24.3 Å². The summed E-state index contributed by atoms with van der Waals surface area (Å²) in [4.78, 5) is 28.0. The van der Waals surface area contributed by atoms with E-state index >= 15 is 0 Å². The van der Waals surface area contributed by atoms with Crippen molar-refractivity contribution in [3.05, 3.63) is 35.9 Å². The van der Waals surface area contributed by atoms with E-state index in [-0.39, 0.29) is 18.2 Å². The van der Waals surface area contributed by atoms with Gasteiger partial charge in [0.15, 0.2) is 0 Å². The second-order valence-corrected chi connectivity index (χ2v) is 5.11. The van der Waals surface area contributed by atoms with E-state index < -0.39 is 11.7 Å². The molecule has 2 heterocycles. The van der Waals surface area contributed by atoms with E-state index in [4.69, 9.17) is 0 Å². The Kier molecular flexibility index (Phi) is 3.58. The molecule has 22 heavy (non-hydrogen) atoms. The van der Waals surface area contributed by atoms with E-state index in [1.807, 2.05) is 0 Å². The number of carbonyl (C=O) groups is 2. The Morgan fingerprint density at radius 3 is 3.14 bits per heavy atom. The number of nitrogens with one attached hydrogen (secondary N) is 2. The minimum atomic E-state index is -0.540. The smallest absolute Gasteiger partial charge is 0.232 e. The number of nitrogens with zero attached hydrogens (tertiary/aromatic N) is 3. The van der Waals surface area contributed by atoms with Crippen LogP contribution in [0.5, 0.6) is 0 Å². The van der Waals surface area contributed by atoms with Gasteiger partial charge in [0, 0.05) is 12.1 Å². The molecule has 7 nitrogen and oxygen atoms in total. The van der Waals surface area contributed by atoms with Crippen molar-refractivity contribution in [2.24, 2.45) is 5.92 Å². The molecule has 0 unspecified atom stereocenters. The van der Waals surface area contributed by atoms with Gasteiger partial charge in [-0.1, -0.05) is 6.07 Å². The summed E-state index contributed by atoms with van der Waals surface area (Å²) in [6.45, 7) is 2.02. The Morgan fingerprint density at radius 1 is 1.55 bits per heavy atom. The number of aromatic nitrogens is 3. The van der Waals surface area contributed by atoms with Gasteiger partial charge in [0.05, 0.1) is 12.5 Å². The van der Waals surface area contributed by atoms with Crippen molar-refractivity contribution in [1.29, 1.82) is 0 Å². The molecule has 0 aliphatic carbocycles. The average molecular weight is 303 g/mol. The van der Waals surface area contributed by atoms with Crippen LogP contribution < -0.4 is 10.6 Å². The molecule has 2 amide bonds. The largest absolute Gasteiger partial charge is 0.326 e. The third kappa shape index (κ3) is 2.95. The lowest BCUT2D eigenvalue weighted by Gasteiger charge is -2.21. The van der Waals surface area contributed by atoms with Gasteiger partial charge in [0.25, 0.3) is 0 Å². The summed E-state index contributed by atoms with van der Waals surface area (Å²) < 4.78 is 14.6. The number of halogens is 1. The van der Waals surface area contributed by atoms with Crippen LogP contribution in [0.2, 0.25) is 0 Å². The van der Waals surface area contributed by atoms with Crippen LogP contribution >= 0.6 is 0 Å². The lowest BCUT2D eigenvalue weighted by atomic mass is 10.0. The number of amides is 2. The fourth-order valence-corrected chi connectivity index (χ4v) is 2.34. The standard InChI is InChI=1S/C14H14FN5O2/c1-8-16-14-18-13(22)9(7-20(14)19-8)5-12(21)17-11-4-2-3-10(15)6-11/h2-4,6,9H,5,7H2,1H3,(H,17,21)(H,16,18,19,22)/t9-/m0/s1. The lowest BCUT2D eigenvalue weighted by Crippen LogP contribution is -2.36. The molecule has 0 fully saturated rings. The fourth-order valence-electron chi connectivity index (χ4n) is 2.34. The van der Waals surface area contributed by atoms with Crippen molar-refractivity contribution in [1.82, 2.24) is 14.8 Å². The summed E-state index contributed by atoms with van der Waals surface area (Å²) >= 11 is 0. The molecule has 0 saturated heterocycles. The van der Waals surface area contributed by atoms with Crippen molar-refractivity contribution in [3.63, 3.8) is 0 Å². The number of anilines is 2. The van der Waals surface area contributed by atoms with Crippen LogP contribution in [0.3, 0.4) is 0 Å². The maximum Gasteiger partial charge on any atom is 0.232 e. The zero-order valence-corrected chi connectivity index (χ0v) is 11.8. The molecule has 1 atom stereocenters. The average Bonchev–Trinajstić information content (AvgIpc) is 2.78. The quantitative estimate of drug-likeness (QED) is 0.895. The molecular formula is C14H14FN5O2. The second kappa shape index (κ2) is 5.55. The molecule has 2 N–H and O–H groups in total. The van der Waals surface area contributed by atoms with Gasteiger partial charge in [-0.05, 0) is 25.1 Å². The Labute approximate surface area is 125 Å². The van der Waals surface area contributed by atoms with E-state index in [9.17, 15) is 14.0 Å². The van der Waals surface area contributed by atoms with Gasteiger partial charge in [-0.2, -0.15) is 10.1 Å². The molecule has 3 rings (SSSR count). The van der Waals surface area contributed by atoms with Crippen molar-refractivity contribution < 1.29 is 14.0 Å². The molecule has 8 heteroatoms. The Balaban J connectivity index is 1.65. The monoisotopic (exact) mass is 303 g/mol. The number of hydrogen-bond donors (Lipinski definition) is 2. The molecule has 1 aromatic heterocycles. The highest BCUT2D eigenvalue weighted by Crippen LogP contribution is 2.20. The van der Waals surface area contributed by atoms with Gasteiger partial charge in [-0.15, -0.1) is 0 Å². The summed E-state index contributed by atoms with van der Waals surface area (Å²) in [5.74, 6) is -0.650. The Hall–Kier alpha value is -2.77. The molecule has 0 radical (unpaired) electrons. The van der Waals surface area contributed by atoms with Crippen LogP contribution in [0.4, 0.5) is 16.0 Å². The molecule has 0 spiro atoms. The van der Waals surface area contributed by atoms with Gasteiger partial charge >= 0.3 is 0 Å². The number of hydrogen-bond acceptors (Lipinski definition) is 4. The first-order valence-electron chi connectivity index (χ1n) is 6.79. The summed E-state index contributed by atoms with van der Waals surface area (Å²) in [5, 5.41) is 9.34. The van der Waals surface area contributed by atoms with Crippen molar-refractivity contribution in [2.75, 3.05) is 10.6 Å². The number of rotatable bonds is 3. The van der Waals surface area contributed by atoms with Gasteiger partial charge in [0.1, 0.15) is 11.6 Å². The number of fused-ring (bicyclic) bond motifs is 1. The SMILES string of the molecule is Cc1nc2n(n1)C[C@H](CC(=O)Nc1cccc(F)c1)C(=O)N2. The fraction of sp³-hybridized carbons (Fsp3) is 0.286. The molecule has 2 aromatic rings. The molecule has 114 valence electrons. The van der Waals surface area contributed by atoms with Crippen molar-refractivity contribution in [2.45, 2.75) is 19.9 Å². The predicted molar refractivity (Wildman–Crippen MR) is 76.5 cm³/mol. The van der Waals surface area contributed by atoms with E-state index in [0.717, 1.165) is 0 Å². The van der Waals surface area contributed by atoms with E-state index in [1.54, 1.807) is 17.7 Å². The minimum absolute atomic E-state index is 0.0132. The maximum absolute atomic E-state index is 13.1. The zero-order valence-electron chi connectivity index (χ0n) is 11.8. The first-order chi connectivity index (χ1) is 10.5. The Morgan fingerprint density at radius 2 is 2.36 bits per heavy atom. The Bertz CT molecular complexity index is 743. The lowest BCUT2D eigenvalue weighted by molar-refractivity contribution is -0.125. The molecular weight excluding hydrogens is 289 g/mol. The van der Waals surface area contributed by atoms with E-state index in [0.29, 0.717) is 24.0 Å². The summed E-state index contributed by atoms with van der Waals surface area (Å²) in [7, 11) is 0. The van der Waals surface area contributed by atoms with Crippen LogP contribution in [0.1, 0.15) is 12.2 Å². The first-order valence-corrected chi connectivity index (χ1v) is 6.79. The van der Waals surface area contributed by atoms with Crippen molar-refractivity contribution >= 4 is 23.5 Å². The van der Waals surface area contributed by atoms with E-state index in [1.165, 1.54) is 18.2 Å². The number of carbonyl (C=O) groups excluding carboxylic acids is 2. The van der Waals surface area contributed by atoms with E-state index in [2.05, 4.69) is 20.7 Å². The van der Waals surface area contributed by atoms with Crippen LogP contribution in [-0.2, 0) is 16.1 Å². The predicted octanol–water partition coefficient (Wildman–Crippen LogP) is 1.32. The highest BCUT2D eigenvalue weighted by molar-refractivity contribution is 5.98. The van der Waals surface area contributed by atoms with Crippen LogP contribution in [0, 0.1) is 18.7 Å². The highest BCUT2D eigenvalue weighted by atomic mass is 19.1. The van der Waals surface area contributed by atoms with Crippen molar-refractivity contribution in [3.8, 4) is 0 Å². The van der Waals surface area contributed by atoms with Gasteiger partial charge in [-0.25, -0.2) is 9.07 Å². The van der Waals surface area contributed by atoms with Crippen LogP contribution in [0.25, 0.3) is 0 Å². The molecule has 1 aliphatic rings. The second-order valence-electron chi connectivity index (χ2n) is 5.11. The normalized spacial score (nSPS) is 16.8. The molecule has 1 aliphatic heterocycles. The minimum Gasteiger partial charge on any atom is -0.326 e. The zero-order chi connectivity index (χ0) is 15.7. The van der Waals surface area contributed by atoms with Crippen LogP contribution in [-0.4, -0.2) is 26.6 Å².